The third-order valence-corrected chi connectivity index (χ3v) is 3.17. The van der Waals surface area contributed by atoms with E-state index in [0.717, 1.165) is 12.1 Å². The van der Waals surface area contributed by atoms with Crippen molar-refractivity contribution in [2.24, 2.45) is 5.92 Å². The summed E-state index contributed by atoms with van der Waals surface area (Å²) in [6.45, 7) is 2.72. The lowest BCUT2D eigenvalue weighted by atomic mass is 9.98. The Morgan fingerprint density at radius 3 is 2.89 bits per heavy atom. The molecule has 1 fully saturated rings. The number of aliphatic carboxylic acids is 1. The van der Waals surface area contributed by atoms with Gasteiger partial charge in [0.15, 0.2) is 0 Å². The van der Waals surface area contributed by atoms with Crippen LogP contribution in [0.25, 0.3) is 0 Å². The number of nitrogens with zero attached hydrogens (tertiary/aromatic N) is 2. The summed E-state index contributed by atoms with van der Waals surface area (Å²) in [4.78, 5) is 28.9. The number of hydrogen-bond donors (Lipinski definition) is 1. The second-order valence-corrected chi connectivity index (χ2v) is 4.59. The summed E-state index contributed by atoms with van der Waals surface area (Å²) in [6.07, 6.45) is 1.37. The van der Waals surface area contributed by atoms with Gasteiger partial charge in [0.1, 0.15) is 5.69 Å². The van der Waals surface area contributed by atoms with Crippen molar-refractivity contribution in [1.29, 1.82) is 0 Å². The second kappa shape index (κ2) is 5.16. The van der Waals surface area contributed by atoms with Crippen LogP contribution < -0.4 is 0 Å². The van der Waals surface area contributed by atoms with Crippen LogP contribution >= 0.6 is 0 Å². The van der Waals surface area contributed by atoms with Gasteiger partial charge in [0, 0.05) is 18.8 Å². The van der Waals surface area contributed by atoms with Crippen molar-refractivity contribution in [2.45, 2.75) is 19.8 Å². The van der Waals surface area contributed by atoms with E-state index in [-0.39, 0.29) is 12.5 Å². The highest BCUT2D eigenvalue weighted by atomic mass is 16.4. The topological polar surface area (TPSA) is 70.5 Å². The molecule has 0 saturated carbocycles. The Kier molecular flexibility index (Phi) is 3.60. The molecule has 1 aromatic heterocycles. The summed E-state index contributed by atoms with van der Waals surface area (Å²) < 4.78 is 0. The number of hydrogen-bond acceptors (Lipinski definition) is 3. The molecule has 1 aliphatic heterocycles. The molecule has 5 heteroatoms. The van der Waals surface area contributed by atoms with Crippen molar-refractivity contribution in [3.05, 3.63) is 29.6 Å². The van der Waals surface area contributed by atoms with Crippen molar-refractivity contribution in [3.8, 4) is 0 Å². The van der Waals surface area contributed by atoms with Crippen molar-refractivity contribution in [2.75, 3.05) is 13.1 Å². The van der Waals surface area contributed by atoms with E-state index in [2.05, 4.69) is 4.98 Å². The van der Waals surface area contributed by atoms with E-state index in [4.69, 9.17) is 5.11 Å². The summed E-state index contributed by atoms with van der Waals surface area (Å²) in [5.74, 6) is -1.46. The van der Waals surface area contributed by atoms with Crippen LogP contribution in [0, 0.1) is 12.8 Å². The van der Waals surface area contributed by atoms with Gasteiger partial charge in [-0.15, -0.1) is 0 Å². The minimum Gasteiger partial charge on any atom is -0.481 e. The first-order valence-electron chi connectivity index (χ1n) is 6.03. The molecular weight excluding hydrogens is 232 g/mol. The molecule has 1 saturated heterocycles. The number of carbonyl (C=O) groups excluding carboxylic acids is 1. The SMILES string of the molecule is Cc1cccc(C(=O)N2CCC[C@H](C(=O)O)C2)n1. The van der Waals surface area contributed by atoms with Gasteiger partial charge in [-0.3, -0.25) is 9.59 Å². The fraction of sp³-hybridized carbons (Fsp3) is 0.462. The van der Waals surface area contributed by atoms with E-state index in [0.29, 0.717) is 18.7 Å². The van der Waals surface area contributed by atoms with Crippen LogP contribution in [0.15, 0.2) is 18.2 Å². The Hall–Kier alpha value is -1.91. The molecule has 1 aromatic rings. The normalized spacial score (nSPS) is 19.6. The van der Waals surface area contributed by atoms with Crippen LogP contribution in [-0.2, 0) is 4.79 Å². The standard InChI is InChI=1S/C13H16N2O3/c1-9-4-2-6-11(14-9)12(16)15-7-3-5-10(8-15)13(17)18/h2,4,6,10H,3,5,7-8H2,1H3,(H,17,18)/t10-/m0/s1. The Morgan fingerprint density at radius 1 is 1.44 bits per heavy atom. The number of aromatic nitrogens is 1. The summed E-state index contributed by atoms with van der Waals surface area (Å²) in [5.41, 5.74) is 1.17. The van der Waals surface area contributed by atoms with Crippen LogP contribution in [0.3, 0.4) is 0 Å². The molecule has 2 rings (SSSR count). The number of rotatable bonds is 2. The fourth-order valence-electron chi connectivity index (χ4n) is 2.19. The number of piperidine rings is 1. The molecule has 1 amide bonds. The van der Waals surface area contributed by atoms with E-state index in [1.54, 1.807) is 17.0 Å². The van der Waals surface area contributed by atoms with Gasteiger partial charge in [-0.05, 0) is 31.9 Å². The molecule has 0 radical (unpaired) electrons. The van der Waals surface area contributed by atoms with Gasteiger partial charge < -0.3 is 10.0 Å². The Morgan fingerprint density at radius 2 is 2.22 bits per heavy atom. The van der Waals surface area contributed by atoms with Crippen LogP contribution in [-0.4, -0.2) is 40.0 Å². The molecule has 0 bridgehead atoms. The zero-order valence-corrected chi connectivity index (χ0v) is 10.3. The average molecular weight is 248 g/mol. The first-order chi connectivity index (χ1) is 8.58. The first kappa shape index (κ1) is 12.5. The highest BCUT2D eigenvalue weighted by molar-refractivity contribution is 5.92. The zero-order valence-electron chi connectivity index (χ0n) is 10.3. The summed E-state index contributed by atoms with van der Waals surface area (Å²) in [7, 11) is 0. The van der Waals surface area contributed by atoms with Gasteiger partial charge in [0.05, 0.1) is 5.92 Å². The van der Waals surface area contributed by atoms with E-state index < -0.39 is 11.9 Å². The molecule has 5 nitrogen and oxygen atoms in total. The highest BCUT2D eigenvalue weighted by Gasteiger charge is 2.28. The molecule has 96 valence electrons. The number of pyridine rings is 1. The molecule has 0 aliphatic carbocycles. The monoisotopic (exact) mass is 248 g/mol. The van der Waals surface area contributed by atoms with Crippen molar-refractivity contribution in [3.63, 3.8) is 0 Å². The molecule has 1 aliphatic rings. The lowest BCUT2D eigenvalue weighted by molar-refractivity contribution is -0.143. The van der Waals surface area contributed by atoms with Gasteiger partial charge in [-0.2, -0.15) is 0 Å². The maximum atomic E-state index is 12.2. The fourth-order valence-corrected chi connectivity index (χ4v) is 2.19. The summed E-state index contributed by atoms with van der Waals surface area (Å²) in [6, 6.07) is 5.28. The number of carboxylic acid groups (broad SMARTS) is 1. The molecule has 0 aromatic carbocycles. The third kappa shape index (κ3) is 2.67. The first-order valence-corrected chi connectivity index (χ1v) is 6.03. The van der Waals surface area contributed by atoms with Crippen LogP contribution in [0.2, 0.25) is 0 Å². The predicted molar refractivity (Wildman–Crippen MR) is 65.2 cm³/mol. The van der Waals surface area contributed by atoms with Gasteiger partial charge in [0.25, 0.3) is 5.91 Å². The summed E-state index contributed by atoms with van der Waals surface area (Å²) in [5, 5.41) is 9.00. The maximum absolute atomic E-state index is 12.2. The van der Waals surface area contributed by atoms with Gasteiger partial charge in [-0.1, -0.05) is 6.07 Å². The number of amides is 1. The lowest BCUT2D eigenvalue weighted by Crippen LogP contribution is -2.42. The highest BCUT2D eigenvalue weighted by Crippen LogP contribution is 2.18. The van der Waals surface area contributed by atoms with Gasteiger partial charge in [0.2, 0.25) is 0 Å². The second-order valence-electron chi connectivity index (χ2n) is 4.59. The molecule has 1 N–H and O–H groups in total. The minimum absolute atomic E-state index is 0.176. The third-order valence-electron chi connectivity index (χ3n) is 3.17. The Balaban J connectivity index is 2.11. The number of carboxylic acids is 1. The molecule has 0 spiro atoms. The van der Waals surface area contributed by atoms with Crippen molar-refractivity contribution < 1.29 is 14.7 Å². The average Bonchev–Trinajstić information content (AvgIpc) is 2.38. The molecule has 0 unspecified atom stereocenters. The van der Waals surface area contributed by atoms with E-state index in [9.17, 15) is 9.59 Å². The van der Waals surface area contributed by atoms with Gasteiger partial charge >= 0.3 is 5.97 Å². The van der Waals surface area contributed by atoms with E-state index >= 15 is 0 Å². The van der Waals surface area contributed by atoms with Crippen LogP contribution in [0.5, 0.6) is 0 Å². The largest absolute Gasteiger partial charge is 0.481 e. The zero-order chi connectivity index (χ0) is 13.1. The quantitative estimate of drug-likeness (QED) is 0.857. The van der Waals surface area contributed by atoms with Crippen molar-refractivity contribution in [1.82, 2.24) is 9.88 Å². The van der Waals surface area contributed by atoms with E-state index in [1.807, 2.05) is 13.0 Å². The molecule has 2 heterocycles. The Labute approximate surface area is 105 Å². The lowest BCUT2D eigenvalue weighted by Gasteiger charge is -2.30. The van der Waals surface area contributed by atoms with E-state index in [1.165, 1.54) is 0 Å². The smallest absolute Gasteiger partial charge is 0.308 e. The molecule has 1 atom stereocenters. The number of aryl methyl sites for hydroxylation is 1. The number of carbonyl (C=O) groups is 2. The van der Waals surface area contributed by atoms with Crippen molar-refractivity contribution >= 4 is 11.9 Å². The predicted octanol–water partition coefficient (Wildman–Crippen LogP) is 1.33. The maximum Gasteiger partial charge on any atom is 0.308 e. The number of likely N-dealkylation sites (tertiary alicyclic amines) is 1. The molecule has 18 heavy (non-hydrogen) atoms. The Bertz CT molecular complexity index is 473. The summed E-state index contributed by atoms with van der Waals surface area (Å²) >= 11 is 0. The van der Waals surface area contributed by atoms with Crippen LogP contribution in [0.1, 0.15) is 29.0 Å². The molecular formula is C13H16N2O3. The van der Waals surface area contributed by atoms with Gasteiger partial charge in [-0.25, -0.2) is 4.98 Å². The van der Waals surface area contributed by atoms with Crippen LogP contribution in [0.4, 0.5) is 0 Å². The minimum atomic E-state index is -0.829.